The van der Waals surface area contributed by atoms with Gasteiger partial charge in [0.05, 0.1) is 5.56 Å². The van der Waals surface area contributed by atoms with Crippen molar-refractivity contribution in [3.63, 3.8) is 0 Å². The van der Waals surface area contributed by atoms with Gasteiger partial charge in [-0.05, 0) is 30.5 Å². The van der Waals surface area contributed by atoms with Gasteiger partial charge in [0.25, 0.3) is 5.91 Å². The lowest BCUT2D eigenvalue weighted by Crippen LogP contribution is -2.20. The summed E-state index contributed by atoms with van der Waals surface area (Å²) in [5, 5.41) is 2.49. The van der Waals surface area contributed by atoms with Gasteiger partial charge in [0, 0.05) is 16.8 Å². The van der Waals surface area contributed by atoms with Crippen molar-refractivity contribution in [2.24, 2.45) is 0 Å². The number of carbonyl (C=O) groups excluding carboxylic acids is 1. The highest BCUT2D eigenvalue weighted by molar-refractivity contribution is 7.98. The molecule has 0 unspecified atom stereocenters. The Kier molecular flexibility index (Phi) is 5.95. The predicted octanol–water partition coefficient (Wildman–Crippen LogP) is 4.65. The van der Waals surface area contributed by atoms with Crippen molar-refractivity contribution in [3.05, 3.63) is 47.1 Å². The Morgan fingerprint density at radius 1 is 1.38 bits per heavy atom. The summed E-state index contributed by atoms with van der Waals surface area (Å²) in [5.74, 6) is -0.861. The number of hydrogen-bond donors (Lipinski definition) is 1. The smallest absolute Gasteiger partial charge is 0.422 e. The zero-order chi connectivity index (χ0) is 17.7. The first kappa shape index (κ1) is 18.4. The monoisotopic (exact) mass is 376 g/mol. The Balaban J connectivity index is 2.08. The van der Waals surface area contributed by atoms with Gasteiger partial charge in [-0.25, -0.2) is 4.98 Å². The molecular weight excluding hydrogens is 365 g/mol. The fourth-order valence-electron chi connectivity index (χ4n) is 1.71. The fraction of sp³-hybridized carbons (Fsp3) is 0.200. The van der Waals surface area contributed by atoms with Crippen LogP contribution in [-0.4, -0.2) is 29.9 Å². The Morgan fingerprint density at radius 2 is 2.12 bits per heavy atom. The summed E-state index contributed by atoms with van der Waals surface area (Å²) in [6, 6.07) is 8.40. The molecule has 0 atom stereocenters. The third kappa shape index (κ3) is 5.31. The van der Waals surface area contributed by atoms with Gasteiger partial charge in [0.15, 0.2) is 6.61 Å². The molecule has 4 nitrogen and oxygen atoms in total. The van der Waals surface area contributed by atoms with Crippen LogP contribution in [0.2, 0.25) is 5.02 Å². The van der Waals surface area contributed by atoms with Gasteiger partial charge in [0.2, 0.25) is 5.88 Å². The highest BCUT2D eigenvalue weighted by Gasteiger charge is 2.29. The summed E-state index contributed by atoms with van der Waals surface area (Å²) in [7, 11) is 0. The first-order valence-corrected chi connectivity index (χ1v) is 8.19. The number of halogens is 4. The van der Waals surface area contributed by atoms with Gasteiger partial charge >= 0.3 is 6.18 Å². The Hall–Kier alpha value is -1.93. The lowest BCUT2D eigenvalue weighted by atomic mass is 10.2. The minimum absolute atomic E-state index is 0.105. The molecule has 1 N–H and O–H groups in total. The first-order chi connectivity index (χ1) is 11.3. The van der Waals surface area contributed by atoms with Gasteiger partial charge in [-0.15, -0.1) is 11.8 Å². The summed E-state index contributed by atoms with van der Waals surface area (Å²) in [6.07, 6.45) is -1.49. The second-order valence-electron chi connectivity index (χ2n) is 4.60. The van der Waals surface area contributed by atoms with Crippen LogP contribution in [0.5, 0.6) is 5.88 Å². The van der Waals surface area contributed by atoms with Gasteiger partial charge in [-0.2, -0.15) is 13.2 Å². The number of nitrogens with zero attached hydrogens (tertiary/aromatic N) is 1. The SMILES string of the molecule is CSc1cccc(NC(=O)c2cnc(OCC(F)(F)F)c(Cl)c2)c1. The predicted molar refractivity (Wildman–Crippen MR) is 87.0 cm³/mol. The second-order valence-corrected chi connectivity index (χ2v) is 5.89. The lowest BCUT2D eigenvalue weighted by Gasteiger charge is -2.11. The van der Waals surface area contributed by atoms with E-state index in [9.17, 15) is 18.0 Å². The molecule has 1 aromatic carbocycles. The van der Waals surface area contributed by atoms with E-state index >= 15 is 0 Å². The van der Waals surface area contributed by atoms with Crippen LogP contribution >= 0.6 is 23.4 Å². The minimum atomic E-state index is -4.50. The number of hydrogen-bond acceptors (Lipinski definition) is 4. The van der Waals surface area contributed by atoms with E-state index in [1.807, 2.05) is 12.3 Å². The van der Waals surface area contributed by atoms with Crippen LogP contribution in [0.4, 0.5) is 18.9 Å². The van der Waals surface area contributed by atoms with E-state index in [0.29, 0.717) is 5.69 Å². The van der Waals surface area contributed by atoms with Crippen molar-refractivity contribution >= 4 is 35.0 Å². The van der Waals surface area contributed by atoms with E-state index in [1.165, 1.54) is 17.8 Å². The molecule has 0 spiro atoms. The molecule has 1 heterocycles. The molecule has 0 radical (unpaired) electrons. The number of alkyl halides is 3. The van der Waals surface area contributed by atoms with E-state index in [0.717, 1.165) is 11.1 Å². The van der Waals surface area contributed by atoms with Gasteiger partial charge in [0.1, 0.15) is 5.02 Å². The van der Waals surface area contributed by atoms with E-state index < -0.39 is 18.7 Å². The van der Waals surface area contributed by atoms with Crippen molar-refractivity contribution in [3.8, 4) is 5.88 Å². The molecule has 0 saturated carbocycles. The molecule has 128 valence electrons. The number of nitrogens with one attached hydrogen (secondary N) is 1. The van der Waals surface area contributed by atoms with Crippen LogP contribution in [0.25, 0.3) is 0 Å². The average molecular weight is 377 g/mol. The van der Waals surface area contributed by atoms with Crippen molar-refractivity contribution in [2.45, 2.75) is 11.1 Å². The molecule has 0 aliphatic heterocycles. The van der Waals surface area contributed by atoms with Gasteiger partial charge in [-0.3, -0.25) is 4.79 Å². The fourth-order valence-corrected chi connectivity index (χ4v) is 2.39. The number of benzene rings is 1. The van der Waals surface area contributed by atoms with E-state index in [2.05, 4.69) is 15.0 Å². The maximum absolute atomic E-state index is 12.2. The molecule has 0 aliphatic carbocycles. The third-order valence-corrected chi connectivity index (χ3v) is 3.77. The Morgan fingerprint density at radius 3 is 2.75 bits per heavy atom. The zero-order valence-electron chi connectivity index (χ0n) is 12.4. The quantitative estimate of drug-likeness (QED) is 0.772. The molecule has 0 fully saturated rings. The zero-order valence-corrected chi connectivity index (χ0v) is 13.9. The van der Waals surface area contributed by atoms with Crippen molar-refractivity contribution in [2.75, 3.05) is 18.2 Å². The minimum Gasteiger partial charge on any atom is -0.467 e. The van der Waals surface area contributed by atoms with Crippen LogP contribution in [0.1, 0.15) is 10.4 Å². The van der Waals surface area contributed by atoms with Crippen LogP contribution in [0.15, 0.2) is 41.4 Å². The summed E-state index contributed by atoms with van der Waals surface area (Å²) < 4.78 is 40.9. The number of anilines is 1. The van der Waals surface area contributed by atoms with E-state index in [4.69, 9.17) is 11.6 Å². The maximum Gasteiger partial charge on any atom is 0.422 e. The molecule has 1 amide bonds. The molecule has 2 rings (SSSR count). The summed E-state index contributed by atoms with van der Waals surface area (Å²) in [4.78, 5) is 16.8. The first-order valence-electron chi connectivity index (χ1n) is 6.59. The molecule has 24 heavy (non-hydrogen) atoms. The van der Waals surface area contributed by atoms with Gasteiger partial charge < -0.3 is 10.1 Å². The number of carbonyl (C=O) groups is 1. The number of ether oxygens (including phenoxy) is 1. The normalized spacial score (nSPS) is 11.2. The highest BCUT2D eigenvalue weighted by atomic mass is 35.5. The third-order valence-electron chi connectivity index (χ3n) is 2.77. The molecule has 0 aliphatic rings. The largest absolute Gasteiger partial charge is 0.467 e. The van der Waals surface area contributed by atoms with E-state index in [-0.39, 0.29) is 16.5 Å². The molecule has 0 bridgehead atoms. The van der Waals surface area contributed by atoms with Crippen LogP contribution in [0.3, 0.4) is 0 Å². The summed E-state index contributed by atoms with van der Waals surface area (Å²) in [6.45, 7) is -1.51. The number of thioether (sulfide) groups is 1. The van der Waals surface area contributed by atoms with Crippen LogP contribution in [-0.2, 0) is 0 Å². The molecule has 9 heteroatoms. The highest BCUT2D eigenvalue weighted by Crippen LogP contribution is 2.25. The molecular formula is C15H12ClF3N2O2S. The standard InChI is InChI=1S/C15H12ClF3N2O2S/c1-24-11-4-2-3-10(6-11)21-13(22)9-5-12(16)14(20-7-9)23-8-15(17,18)19/h2-7H,8H2,1H3,(H,21,22). The second kappa shape index (κ2) is 7.76. The summed E-state index contributed by atoms with van der Waals surface area (Å²) >= 11 is 7.34. The molecule has 2 aromatic rings. The summed E-state index contributed by atoms with van der Waals surface area (Å²) in [5.41, 5.74) is 0.689. The molecule has 1 aromatic heterocycles. The topological polar surface area (TPSA) is 51.2 Å². The van der Waals surface area contributed by atoms with Crippen molar-refractivity contribution in [1.29, 1.82) is 0 Å². The lowest BCUT2D eigenvalue weighted by molar-refractivity contribution is -0.154. The number of aromatic nitrogens is 1. The van der Waals surface area contributed by atoms with Crippen molar-refractivity contribution < 1.29 is 22.7 Å². The number of rotatable bonds is 5. The van der Waals surface area contributed by atoms with Crippen LogP contribution < -0.4 is 10.1 Å². The number of amides is 1. The Bertz CT molecular complexity index is 741. The van der Waals surface area contributed by atoms with E-state index in [1.54, 1.807) is 18.2 Å². The molecule has 0 saturated heterocycles. The maximum atomic E-state index is 12.2. The average Bonchev–Trinajstić information content (AvgIpc) is 2.53. The number of pyridine rings is 1. The van der Waals surface area contributed by atoms with Crippen molar-refractivity contribution in [1.82, 2.24) is 4.98 Å². The Labute approximate surface area is 145 Å². The van der Waals surface area contributed by atoms with Crippen LogP contribution in [0, 0.1) is 0 Å². The van der Waals surface area contributed by atoms with Gasteiger partial charge in [-0.1, -0.05) is 17.7 Å².